The first-order chi connectivity index (χ1) is 55.1. The monoisotopic (exact) mass is 1630 g/mol. The first-order valence-corrected chi connectivity index (χ1v) is 42.6. The lowest BCUT2D eigenvalue weighted by atomic mass is 9.98. The Kier molecular flexibility index (Phi) is 48.5. The van der Waals surface area contributed by atoms with Crippen molar-refractivity contribution in [2.45, 2.75) is 315 Å². The molecule has 34 nitrogen and oxygen atoms in total. The number of unbranched alkanes of at least 4 members (excludes halogenated alkanes) is 6. The number of nitrogens with one attached hydrogen (secondary N) is 12. The summed E-state index contributed by atoms with van der Waals surface area (Å²) in [5.74, 6) is -9.46. The fourth-order valence-corrected chi connectivity index (χ4v) is 14.2. The third-order valence-electron chi connectivity index (χ3n) is 20.5. The second kappa shape index (κ2) is 55.3. The van der Waals surface area contributed by atoms with Crippen LogP contribution in [0.1, 0.15) is 235 Å². The van der Waals surface area contributed by atoms with Gasteiger partial charge >= 0.3 is 0 Å². The van der Waals surface area contributed by atoms with Crippen molar-refractivity contribution in [1.29, 1.82) is 0 Å². The molecule has 0 unspecified atom stereocenters. The summed E-state index contributed by atoms with van der Waals surface area (Å²) < 4.78 is 0. The highest BCUT2D eigenvalue weighted by atomic mass is 16.2. The molecule has 1 aromatic heterocycles. The number of para-hydroxylation sites is 1. The molecule has 0 bridgehead atoms. The number of aromatic nitrogens is 1. The quantitative estimate of drug-likeness (QED) is 0.0408. The smallest absolute Gasteiger partial charge is 0.245 e. The summed E-state index contributed by atoms with van der Waals surface area (Å²) in [7, 11) is 0. The summed E-state index contributed by atoms with van der Waals surface area (Å²) in [5.41, 5.74) is 48.8. The van der Waals surface area contributed by atoms with Gasteiger partial charge < -0.3 is 114 Å². The Bertz CT molecular complexity index is 3370. The minimum atomic E-state index is -1.28. The van der Waals surface area contributed by atoms with Crippen molar-refractivity contribution >= 4 is 87.7 Å². The molecule has 1 fully saturated rings. The molecular weight excluding hydrogens is 1490 g/mol. The van der Waals surface area contributed by atoms with E-state index >= 15 is 4.79 Å². The van der Waals surface area contributed by atoms with Crippen molar-refractivity contribution < 1.29 is 62.3 Å². The zero-order chi connectivity index (χ0) is 86.6. The Morgan fingerprint density at radius 1 is 0.371 bits per heavy atom. The first-order valence-electron chi connectivity index (χ1n) is 42.6. The van der Waals surface area contributed by atoms with E-state index in [1.807, 2.05) is 93.5 Å². The van der Waals surface area contributed by atoms with Crippen LogP contribution >= 0.6 is 0 Å². The van der Waals surface area contributed by atoms with E-state index in [-0.39, 0.29) is 133 Å². The first kappa shape index (κ1) is 102. The van der Waals surface area contributed by atoms with Crippen LogP contribution in [0.15, 0.2) is 30.5 Å². The van der Waals surface area contributed by atoms with Crippen LogP contribution in [-0.4, -0.2) is 211 Å². The number of hydrogen-bond acceptors (Lipinski definition) is 20. The maximum atomic E-state index is 15.1. The lowest BCUT2D eigenvalue weighted by Crippen LogP contribution is -2.61. The Labute approximate surface area is 687 Å². The van der Waals surface area contributed by atoms with E-state index in [9.17, 15) is 57.5 Å². The molecule has 2 aromatic rings. The number of carbonyl (C=O) groups is 13. The number of rotatable bonds is 60. The maximum absolute atomic E-state index is 15.1. The summed E-state index contributed by atoms with van der Waals surface area (Å²) >= 11 is 0. The average molecular weight is 1640 g/mol. The zero-order valence-corrected chi connectivity index (χ0v) is 71.0. The SMILES string of the molecule is CC(C)C[C@H](NC(=O)[C@H](CC(C)C)NC(=O)[C@H](CCCCN)NC(=O)[C@H](CC(C)C)NC(=O)[C@H](CC(C)C)NC(=O)[C@H](CCCCN)NC(=O)[C@H](CCCCN)NC(=O)[C@@H]1CCCN1C(=O)[C@H](CC(C)C)NC(=O)[C@H](CCCCN)NC(=O)[C@H](CCCCN)NC(=O)[C@H](Cc1c[nH]c2ccccc12)NC(=O)[C@@H](N)CCCCN)C(N)=O. The van der Waals surface area contributed by atoms with Gasteiger partial charge in [0.1, 0.15) is 72.5 Å². The molecule has 0 radical (unpaired) electrons. The summed E-state index contributed by atoms with van der Waals surface area (Å²) in [5, 5.41) is 32.0. The Morgan fingerprint density at radius 3 is 1.03 bits per heavy atom. The van der Waals surface area contributed by atoms with Crippen molar-refractivity contribution in [2.75, 3.05) is 45.8 Å². The fourth-order valence-electron chi connectivity index (χ4n) is 14.2. The van der Waals surface area contributed by atoms with E-state index in [1.165, 1.54) is 4.90 Å². The van der Waals surface area contributed by atoms with Gasteiger partial charge in [-0.2, -0.15) is 0 Å². The number of fused-ring (bicyclic) bond motifs is 1. The highest BCUT2D eigenvalue weighted by Gasteiger charge is 2.42. The third kappa shape index (κ3) is 37.5. The van der Waals surface area contributed by atoms with Gasteiger partial charge in [0.05, 0.1) is 6.04 Å². The van der Waals surface area contributed by atoms with Gasteiger partial charge in [-0.15, -0.1) is 0 Å². The molecule has 28 N–H and O–H groups in total. The zero-order valence-electron chi connectivity index (χ0n) is 71.0. The van der Waals surface area contributed by atoms with E-state index in [2.05, 4.69) is 63.5 Å². The van der Waals surface area contributed by atoms with Gasteiger partial charge in [0.15, 0.2) is 0 Å². The highest BCUT2D eigenvalue weighted by Crippen LogP contribution is 2.24. The van der Waals surface area contributed by atoms with Crippen molar-refractivity contribution in [3.8, 4) is 0 Å². The second-order valence-electron chi connectivity index (χ2n) is 33.3. The molecular formula is C82H147N21O13. The molecule has 13 amide bonds. The minimum absolute atomic E-state index is 0.00951. The summed E-state index contributed by atoms with van der Waals surface area (Å²) in [6.45, 7) is 20.5. The number of amides is 13. The van der Waals surface area contributed by atoms with Crippen molar-refractivity contribution in [1.82, 2.24) is 68.4 Å². The van der Waals surface area contributed by atoms with E-state index < -0.39 is 155 Å². The lowest BCUT2D eigenvalue weighted by molar-refractivity contribution is -0.143. The predicted octanol–water partition coefficient (Wildman–Crippen LogP) is 0.851. The molecule has 2 heterocycles. The van der Waals surface area contributed by atoms with Crippen LogP contribution in [0.4, 0.5) is 0 Å². The fraction of sp³-hybridized carbons (Fsp3) is 0.744. The van der Waals surface area contributed by atoms with Gasteiger partial charge in [0.2, 0.25) is 76.8 Å². The molecule has 658 valence electrons. The van der Waals surface area contributed by atoms with Crippen LogP contribution in [0.25, 0.3) is 10.9 Å². The third-order valence-corrected chi connectivity index (χ3v) is 20.5. The predicted molar refractivity (Wildman–Crippen MR) is 450 cm³/mol. The molecule has 0 saturated carbocycles. The number of nitrogens with zero attached hydrogens (tertiary/aromatic N) is 1. The van der Waals surface area contributed by atoms with Crippen LogP contribution < -0.4 is 104 Å². The Hall–Kier alpha value is -8.41. The lowest BCUT2D eigenvalue weighted by Gasteiger charge is -2.32. The number of aromatic amines is 1. The molecule has 0 aliphatic carbocycles. The normalized spacial score (nSPS) is 16.1. The van der Waals surface area contributed by atoms with Crippen molar-refractivity contribution in [3.63, 3.8) is 0 Å². The van der Waals surface area contributed by atoms with Gasteiger partial charge in [-0.1, -0.05) is 93.9 Å². The van der Waals surface area contributed by atoms with Gasteiger partial charge in [0, 0.05) is 30.1 Å². The number of H-pyrrole nitrogens is 1. The van der Waals surface area contributed by atoms with Crippen LogP contribution in [0.5, 0.6) is 0 Å². The standard InChI is InChI=1S/C82H147N21O13/c1-49(2)42-63(70(90)104)97-78(112)65(44-51(5)6)99-75(109)60(31-16-22-38-86)94-77(111)64(43-50(3)4)101-79(113)66(45-52(7)8)100-74(108)59(30-15-21-37-85)92-73(107)62(33-18-24-40-88)96-81(115)69-34-25-41-103(69)82(116)68(46-53(9)10)102-76(110)61(32-17-23-39-87)93-72(106)58(29-14-20-36-84)95-80(114)67(98-71(105)56(89)27-13-19-35-83)47-54-48-91-57-28-12-11-26-55(54)57/h11-12,26,28,48-53,56,58-69,91H,13-25,27,29-47,83-89H2,1-10H3,(H2,90,104)(H,92,107)(H,93,106)(H,94,111)(H,95,114)(H,96,115)(H,97,112)(H,98,105)(H,99,109)(H,100,108)(H,101,113)(H,102,110)/t56-,58-,59-,60-,61-,62-,63-,64-,65-,66-,67-,68-,69-/m0/s1. The number of carbonyl (C=O) groups excluding carboxylic acids is 13. The molecule has 1 saturated heterocycles. The number of hydrogen-bond donors (Lipinski definition) is 20. The van der Waals surface area contributed by atoms with E-state index in [4.69, 9.17) is 45.9 Å². The number of primary amides is 1. The largest absolute Gasteiger partial charge is 0.368 e. The summed E-state index contributed by atoms with van der Waals surface area (Å²) in [6.07, 6.45) is 9.41. The van der Waals surface area contributed by atoms with Crippen LogP contribution in [-0.2, 0) is 68.7 Å². The second-order valence-corrected chi connectivity index (χ2v) is 33.3. The van der Waals surface area contributed by atoms with Crippen molar-refractivity contribution in [2.24, 2.45) is 75.5 Å². The van der Waals surface area contributed by atoms with Crippen molar-refractivity contribution in [3.05, 3.63) is 36.0 Å². The van der Waals surface area contributed by atoms with Crippen LogP contribution in [0, 0.1) is 29.6 Å². The molecule has 0 spiro atoms. The summed E-state index contributed by atoms with van der Waals surface area (Å²) in [4.78, 5) is 192. The van der Waals surface area contributed by atoms with E-state index in [0.29, 0.717) is 110 Å². The topological polar surface area (TPSA) is 581 Å². The molecule has 3 rings (SSSR count). The molecule has 1 aliphatic heterocycles. The number of nitrogens with two attached hydrogens (primary N) is 8. The highest BCUT2D eigenvalue weighted by molar-refractivity contribution is 6.00. The number of benzene rings is 1. The van der Waals surface area contributed by atoms with Gasteiger partial charge in [-0.25, -0.2) is 0 Å². The molecule has 1 aromatic carbocycles. The summed E-state index contributed by atoms with van der Waals surface area (Å²) in [6, 6.07) is -7.80. The molecule has 1 aliphatic rings. The van der Waals surface area contributed by atoms with Gasteiger partial charge in [-0.05, 0) is 235 Å². The Balaban J connectivity index is 1.95. The van der Waals surface area contributed by atoms with Crippen LogP contribution in [0.2, 0.25) is 0 Å². The van der Waals surface area contributed by atoms with E-state index in [1.54, 1.807) is 6.20 Å². The number of likely N-dealkylation sites (tertiary alicyclic amines) is 1. The molecule has 116 heavy (non-hydrogen) atoms. The molecule has 34 heteroatoms. The van der Waals surface area contributed by atoms with Gasteiger partial charge in [0.25, 0.3) is 0 Å². The van der Waals surface area contributed by atoms with E-state index in [0.717, 1.165) is 16.5 Å². The van der Waals surface area contributed by atoms with Gasteiger partial charge in [-0.3, -0.25) is 62.3 Å². The van der Waals surface area contributed by atoms with Crippen LogP contribution in [0.3, 0.4) is 0 Å². The minimum Gasteiger partial charge on any atom is -0.368 e. The maximum Gasteiger partial charge on any atom is 0.245 e. The Morgan fingerprint density at radius 2 is 0.664 bits per heavy atom. The average Bonchev–Trinajstić information content (AvgIpc) is 1.65. The molecule has 13 atom stereocenters.